The number of pyridine rings is 2. The van der Waals surface area contributed by atoms with Gasteiger partial charge >= 0.3 is 12.4 Å². The molecule has 3 heterocycles. The average molecular weight is 612 g/mol. The maximum absolute atomic E-state index is 12.5. The van der Waals surface area contributed by atoms with E-state index in [9.17, 15) is 26.3 Å². The zero-order valence-electron chi connectivity index (χ0n) is 22.0. The van der Waals surface area contributed by atoms with Crippen molar-refractivity contribution in [2.75, 3.05) is 11.5 Å². The van der Waals surface area contributed by atoms with Crippen molar-refractivity contribution in [3.8, 4) is 40.7 Å². The number of nitrogens with two attached hydrogens (primary N) is 2. The Kier molecular flexibility index (Phi) is 9.08. The number of hydrogen-bond acceptors (Lipinski definition) is 10. The minimum atomic E-state index is -4.44. The molecule has 16 heteroatoms. The van der Waals surface area contributed by atoms with Gasteiger partial charge in [0.05, 0.1) is 22.8 Å². The van der Waals surface area contributed by atoms with Crippen LogP contribution in [0.5, 0.6) is 23.3 Å². The number of anilines is 2. The van der Waals surface area contributed by atoms with Crippen LogP contribution < -0.4 is 20.9 Å². The average Bonchev–Trinajstić information content (AvgIpc) is 2.97. The van der Waals surface area contributed by atoms with Crippen molar-refractivity contribution in [1.82, 2.24) is 24.9 Å². The van der Waals surface area contributed by atoms with Crippen LogP contribution in [-0.4, -0.2) is 24.9 Å². The molecule has 0 saturated heterocycles. The highest BCUT2D eigenvalue weighted by atomic mass is 19.4. The number of nitriles is 1. The fourth-order valence-corrected chi connectivity index (χ4v) is 3.27. The van der Waals surface area contributed by atoms with Gasteiger partial charge in [-0.05, 0) is 60.7 Å². The monoisotopic (exact) mass is 612 g/mol. The molecule has 0 amide bonds. The van der Waals surface area contributed by atoms with E-state index in [0.717, 1.165) is 24.3 Å². The molecular weight excluding hydrogens is 594 g/mol. The molecule has 0 unspecified atom stereocenters. The van der Waals surface area contributed by atoms with Crippen LogP contribution in [-0.2, 0) is 12.4 Å². The van der Waals surface area contributed by atoms with Gasteiger partial charge in [-0.1, -0.05) is 0 Å². The van der Waals surface area contributed by atoms with E-state index in [0.29, 0.717) is 40.8 Å². The summed E-state index contributed by atoms with van der Waals surface area (Å²) >= 11 is 0. The molecular formula is C28H18F6N8O2. The first kappa shape index (κ1) is 31.0. The molecule has 44 heavy (non-hydrogen) atoms. The number of alkyl halides is 6. The molecule has 0 radical (unpaired) electrons. The maximum atomic E-state index is 12.5. The van der Waals surface area contributed by atoms with Crippen LogP contribution in [0.1, 0.15) is 16.7 Å². The molecule has 5 aromatic rings. The number of benzene rings is 2. The Morgan fingerprint density at radius 1 is 0.591 bits per heavy atom. The van der Waals surface area contributed by atoms with Crippen molar-refractivity contribution in [3.05, 3.63) is 102 Å². The highest BCUT2D eigenvalue weighted by molar-refractivity contribution is 5.58. The molecule has 10 nitrogen and oxygen atoms in total. The van der Waals surface area contributed by atoms with Gasteiger partial charge in [0.15, 0.2) is 5.82 Å². The Bertz CT molecular complexity index is 1720. The van der Waals surface area contributed by atoms with Crippen LogP contribution in [0.2, 0.25) is 0 Å². The number of ether oxygens (including phenoxy) is 2. The zero-order valence-corrected chi connectivity index (χ0v) is 22.0. The highest BCUT2D eigenvalue weighted by Crippen LogP contribution is 2.31. The molecule has 0 saturated carbocycles. The largest absolute Gasteiger partial charge is 0.439 e. The predicted molar refractivity (Wildman–Crippen MR) is 144 cm³/mol. The minimum Gasteiger partial charge on any atom is -0.439 e. The van der Waals surface area contributed by atoms with Crippen molar-refractivity contribution in [1.29, 1.82) is 5.26 Å². The summed E-state index contributed by atoms with van der Waals surface area (Å²) < 4.78 is 85.1. The van der Waals surface area contributed by atoms with Gasteiger partial charge in [0.1, 0.15) is 11.5 Å². The van der Waals surface area contributed by atoms with Gasteiger partial charge in [0, 0.05) is 30.1 Å². The first-order valence-corrected chi connectivity index (χ1v) is 12.1. The number of aromatic nitrogens is 5. The van der Waals surface area contributed by atoms with Gasteiger partial charge in [0.2, 0.25) is 23.7 Å². The lowest BCUT2D eigenvalue weighted by Gasteiger charge is -2.08. The standard InChI is InChI=1S/C15H11F3N6O.C13H7F3N2O/c16-15(17,18)9-3-6-11(21-7-9)25-10-4-1-8(2-5-10)12-22-13(19)24-14(20)23-12;14-13(15,16)10-3-6-12(18-8-10)19-11-4-1-9(7-17)2-5-11/h1-7H,(H4,19,20,22,23,24);1-6,8H. The third-order valence-corrected chi connectivity index (χ3v) is 5.34. The molecule has 5 rings (SSSR count). The van der Waals surface area contributed by atoms with Crippen LogP contribution in [0.3, 0.4) is 0 Å². The topological polar surface area (TPSA) is 159 Å². The lowest BCUT2D eigenvalue weighted by molar-refractivity contribution is -0.138. The van der Waals surface area contributed by atoms with Crippen molar-refractivity contribution >= 4 is 11.9 Å². The molecule has 0 aliphatic heterocycles. The van der Waals surface area contributed by atoms with E-state index in [1.807, 2.05) is 6.07 Å². The molecule has 3 aromatic heterocycles. The molecule has 0 bridgehead atoms. The third-order valence-electron chi connectivity index (χ3n) is 5.34. The minimum absolute atomic E-state index is 0.00298. The van der Waals surface area contributed by atoms with Crippen LogP contribution in [0.15, 0.2) is 85.2 Å². The Morgan fingerprint density at radius 3 is 1.39 bits per heavy atom. The summed E-state index contributed by atoms with van der Waals surface area (Å²) in [5.74, 6) is 1.15. The number of hydrogen-bond donors (Lipinski definition) is 2. The van der Waals surface area contributed by atoms with Gasteiger partial charge in [-0.3, -0.25) is 0 Å². The lowest BCUT2D eigenvalue weighted by Crippen LogP contribution is -2.05. The van der Waals surface area contributed by atoms with Gasteiger partial charge in [0.25, 0.3) is 0 Å². The Labute approximate surface area is 244 Å². The first-order valence-electron chi connectivity index (χ1n) is 12.1. The number of rotatable bonds is 5. The fraction of sp³-hybridized carbons (Fsp3) is 0.0714. The number of halogens is 6. The van der Waals surface area contributed by atoms with E-state index in [1.54, 1.807) is 36.4 Å². The second kappa shape index (κ2) is 12.9. The quantitative estimate of drug-likeness (QED) is 0.205. The third kappa shape index (κ3) is 8.52. The Balaban J connectivity index is 0.000000209. The lowest BCUT2D eigenvalue weighted by atomic mass is 10.2. The van der Waals surface area contributed by atoms with Gasteiger partial charge < -0.3 is 20.9 Å². The van der Waals surface area contributed by atoms with Gasteiger partial charge in [-0.15, -0.1) is 0 Å². The summed E-state index contributed by atoms with van der Waals surface area (Å²) in [4.78, 5) is 18.8. The summed E-state index contributed by atoms with van der Waals surface area (Å²) in [6.45, 7) is 0. The maximum Gasteiger partial charge on any atom is 0.417 e. The van der Waals surface area contributed by atoms with Gasteiger partial charge in [-0.25, -0.2) is 9.97 Å². The highest BCUT2D eigenvalue weighted by Gasteiger charge is 2.31. The van der Waals surface area contributed by atoms with E-state index in [2.05, 4.69) is 24.9 Å². The van der Waals surface area contributed by atoms with Crippen LogP contribution in [0.4, 0.5) is 38.2 Å². The molecule has 0 aliphatic rings. The molecule has 0 aliphatic carbocycles. The number of nitrogens with zero attached hydrogens (tertiary/aromatic N) is 6. The Hall–Kier alpha value is -5.98. The Morgan fingerprint density at radius 2 is 1.02 bits per heavy atom. The normalized spacial score (nSPS) is 11.1. The summed E-state index contributed by atoms with van der Waals surface area (Å²) in [7, 11) is 0. The molecule has 4 N–H and O–H groups in total. The van der Waals surface area contributed by atoms with Crippen LogP contribution >= 0.6 is 0 Å². The fourth-order valence-electron chi connectivity index (χ4n) is 3.27. The van der Waals surface area contributed by atoms with Crippen molar-refractivity contribution in [3.63, 3.8) is 0 Å². The molecule has 0 spiro atoms. The van der Waals surface area contributed by atoms with Gasteiger partial charge in [-0.2, -0.15) is 46.6 Å². The summed E-state index contributed by atoms with van der Waals surface area (Å²) in [5.41, 5.74) is 10.4. The number of nitrogen functional groups attached to an aromatic ring is 2. The van der Waals surface area contributed by atoms with E-state index in [-0.39, 0.29) is 23.7 Å². The first-order chi connectivity index (χ1) is 20.8. The van der Waals surface area contributed by atoms with E-state index < -0.39 is 23.5 Å². The predicted octanol–water partition coefficient (Wildman–Crippen LogP) is 6.67. The van der Waals surface area contributed by atoms with Crippen LogP contribution in [0, 0.1) is 11.3 Å². The summed E-state index contributed by atoms with van der Waals surface area (Å²) in [6.07, 6.45) is -7.44. The van der Waals surface area contributed by atoms with E-state index >= 15 is 0 Å². The molecule has 224 valence electrons. The molecule has 0 atom stereocenters. The molecule has 2 aromatic carbocycles. The van der Waals surface area contributed by atoms with Crippen molar-refractivity contribution in [2.24, 2.45) is 0 Å². The summed E-state index contributed by atoms with van der Waals surface area (Å²) in [5, 5.41) is 8.62. The second-order valence-electron chi connectivity index (χ2n) is 8.51. The van der Waals surface area contributed by atoms with Crippen molar-refractivity contribution < 1.29 is 35.8 Å². The second-order valence-corrected chi connectivity index (χ2v) is 8.51. The van der Waals surface area contributed by atoms with E-state index in [1.165, 1.54) is 12.1 Å². The summed E-state index contributed by atoms with van der Waals surface area (Å²) in [6, 6.07) is 18.7. The van der Waals surface area contributed by atoms with E-state index in [4.69, 9.17) is 26.2 Å². The van der Waals surface area contributed by atoms with Crippen molar-refractivity contribution in [2.45, 2.75) is 12.4 Å². The zero-order chi connectivity index (χ0) is 31.9. The SMILES string of the molecule is N#Cc1ccc(Oc2ccc(C(F)(F)F)cn2)cc1.Nc1nc(N)nc(-c2ccc(Oc3ccc(C(F)(F)F)cn3)cc2)n1. The smallest absolute Gasteiger partial charge is 0.417 e. The van der Waals surface area contributed by atoms with Crippen LogP contribution in [0.25, 0.3) is 11.4 Å². The molecule has 0 fully saturated rings.